The first-order valence-electron chi connectivity index (χ1n) is 7.92. The number of rotatable bonds is 4. The number of carbonyl (C=O) groups is 1. The van der Waals surface area contributed by atoms with Crippen LogP contribution in [0.25, 0.3) is 0 Å². The molecule has 1 aromatic heterocycles. The minimum Gasteiger partial charge on any atom is -0.485 e. The molecule has 0 atom stereocenters. The fourth-order valence-corrected chi connectivity index (χ4v) is 2.70. The molecule has 1 aromatic carbocycles. The van der Waals surface area contributed by atoms with E-state index in [4.69, 9.17) is 9.15 Å². The van der Waals surface area contributed by atoms with Gasteiger partial charge in [0.2, 0.25) is 0 Å². The molecule has 0 spiro atoms. The Morgan fingerprint density at radius 3 is 2.67 bits per heavy atom. The van der Waals surface area contributed by atoms with Crippen molar-refractivity contribution in [2.24, 2.45) is 0 Å². The van der Waals surface area contributed by atoms with E-state index >= 15 is 0 Å². The van der Waals surface area contributed by atoms with E-state index in [0.29, 0.717) is 31.2 Å². The summed E-state index contributed by atoms with van der Waals surface area (Å²) < 4.78 is 11.4. The van der Waals surface area contributed by atoms with Crippen LogP contribution in [0.2, 0.25) is 0 Å². The third kappa shape index (κ3) is 4.30. The molecule has 1 saturated heterocycles. The first-order valence-corrected chi connectivity index (χ1v) is 7.92. The summed E-state index contributed by atoms with van der Waals surface area (Å²) in [5.41, 5.74) is 2.30. The van der Waals surface area contributed by atoms with Crippen molar-refractivity contribution >= 4 is 18.3 Å². The Labute approximate surface area is 148 Å². The lowest BCUT2D eigenvalue weighted by atomic mass is 10.1. The Kier molecular flexibility index (Phi) is 6.29. The number of nitrogens with zero attached hydrogens (tertiary/aromatic N) is 1. The highest BCUT2D eigenvalue weighted by molar-refractivity contribution is 5.91. The van der Waals surface area contributed by atoms with Gasteiger partial charge in [-0.15, -0.1) is 12.4 Å². The monoisotopic (exact) mass is 350 g/mol. The van der Waals surface area contributed by atoms with Crippen molar-refractivity contribution in [3.8, 4) is 5.75 Å². The van der Waals surface area contributed by atoms with Crippen molar-refractivity contribution in [1.29, 1.82) is 0 Å². The average molecular weight is 351 g/mol. The fraction of sp³-hybridized carbons (Fsp3) is 0.389. The molecule has 0 radical (unpaired) electrons. The zero-order valence-corrected chi connectivity index (χ0v) is 14.8. The molecule has 2 heterocycles. The summed E-state index contributed by atoms with van der Waals surface area (Å²) in [6.07, 6.45) is 0. The molecular formula is C18H23ClN2O3. The summed E-state index contributed by atoms with van der Waals surface area (Å²) in [6, 6.07) is 9.59. The summed E-state index contributed by atoms with van der Waals surface area (Å²) in [4.78, 5) is 14.2. The number of halogens is 1. The molecule has 3 rings (SSSR count). The van der Waals surface area contributed by atoms with Gasteiger partial charge in [-0.25, -0.2) is 0 Å². The number of carbonyl (C=O) groups excluding carboxylic acids is 1. The molecule has 0 bridgehead atoms. The van der Waals surface area contributed by atoms with Crippen LogP contribution in [0, 0.1) is 13.8 Å². The lowest BCUT2D eigenvalue weighted by Crippen LogP contribution is -2.46. The van der Waals surface area contributed by atoms with E-state index in [0.717, 1.165) is 24.4 Å². The largest absolute Gasteiger partial charge is 0.485 e. The average Bonchev–Trinajstić information content (AvgIpc) is 3.03. The SMILES string of the molecule is Cc1ccc(OCc2ccc(C(=O)N3CCNCC3)o2)c(C)c1.Cl. The van der Waals surface area contributed by atoms with Crippen LogP contribution >= 0.6 is 12.4 Å². The van der Waals surface area contributed by atoms with Gasteiger partial charge in [0.25, 0.3) is 5.91 Å². The van der Waals surface area contributed by atoms with Crippen LogP contribution < -0.4 is 10.1 Å². The van der Waals surface area contributed by atoms with Crippen molar-refractivity contribution in [3.05, 3.63) is 53.0 Å². The van der Waals surface area contributed by atoms with E-state index in [1.54, 1.807) is 12.1 Å². The minimum atomic E-state index is -0.0516. The van der Waals surface area contributed by atoms with Gasteiger partial charge in [-0.3, -0.25) is 4.79 Å². The van der Waals surface area contributed by atoms with Gasteiger partial charge in [0.05, 0.1) is 0 Å². The van der Waals surface area contributed by atoms with Gasteiger partial charge < -0.3 is 19.4 Å². The van der Waals surface area contributed by atoms with Crippen molar-refractivity contribution < 1.29 is 13.9 Å². The maximum absolute atomic E-state index is 12.3. The highest BCUT2D eigenvalue weighted by Gasteiger charge is 2.20. The summed E-state index contributed by atoms with van der Waals surface area (Å²) in [6.45, 7) is 7.48. The van der Waals surface area contributed by atoms with Crippen LogP contribution in [0.3, 0.4) is 0 Å². The molecule has 0 aliphatic carbocycles. The predicted octanol–water partition coefficient (Wildman–Crippen LogP) is 2.94. The van der Waals surface area contributed by atoms with E-state index < -0.39 is 0 Å². The molecule has 1 aliphatic rings. The number of furan rings is 1. The lowest BCUT2D eigenvalue weighted by molar-refractivity contribution is 0.0699. The summed E-state index contributed by atoms with van der Waals surface area (Å²) >= 11 is 0. The number of hydrogen-bond donors (Lipinski definition) is 1. The number of amides is 1. The van der Waals surface area contributed by atoms with Gasteiger partial charge >= 0.3 is 0 Å². The zero-order valence-electron chi connectivity index (χ0n) is 14.0. The Balaban J connectivity index is 0.00000208. The molecule has 0 unspecified atom stereocenters. The molecule has 5 nitrogen and oxygen atoms in total. The van der Waals surface area contributed by atoms with Gasteiger partial charge in [0.15, 0.2) is 5.76 Å². The highest BCUT2D eigenvalue weighted by Crippen LogP contribution is 2.21. The highest BCUT2D eigenvalue weighted by atomic mass is 35.5. The van der Waals surface area contributed by atoms with Gasteiger partial charge in [-0.05, 0) is 37.6 Å². The second kappa shape index (κ2) is 8.22. The topological polar surface area (TPSA) is 54.7 Å². The molecule has 2 aromatic rings. The molecular weight excluding hydrogens is 328 g/mol. The summed E-state index contributed by atoms with van der Waals surface area (Å²) in [7, 11) is 0. The first kappa shape index (κ1) is 18.4. The van der Waals surface area contributed by atoms with Crippen LogP contribution in [-0.2, 0) is 6.61 Å². The maximum atomic E-state index is 12.3. The predicted molar refractivity (Wildman–Crippen MR) is 95.0 cm³/mol. The number of hydrogen-bond acceptors (Lipinski definition) is 4. The van der Waals surface area contributed by atoms with Crippen LogP contribution in [0.15, 0.2) is 34.7 Å². The second-order valence-electron chi connectivity index (χ2n) is 5.87. The van der Waals surface area contributed by atoms with Crippen molar-refractivity contribution in [3.63, 3.8) is 0 Å². The molecule has 1 aliphatic heterocycles. The van der Waals surface area contributed by atoms with Crippen LogP contribution in [0.4, 0.5) is 0 Å². The van der Waals surface area contributed by atoms with Crippen LogP contribution in [-0.4, -0.2) is 37.0 Å². The number of nitrogens with one attached hydrogen (secondary N) is 1. The van der Waals surface area contributed by atoms with Gasteiger partial charge in [0.1, 0.15) is 18.1 Å². The smallest absolute Gasteiger partial charge is 0.289 e. The second-order valence-corrected chi connectivity index (χ2v) is 5.87. The van der Waals surface area contributed by atoms with E-state index in [2.05, 4.69) is 18.3 Å². The van der Waals surface area contributed by atoms with E-state index in [9.17, 15) is 4.79 Å². The van der Waals surface area contributed by atoms with Crippen LogP contribution in [0.5, 0.6) is 5.75 Å². The quantitative estimate of drug-likeness (QED) is 0.921. The van der Waals surface area contributed by atoms with Crippen molar-refractivity contribution in [2.45, 2.75) is 20.5 Å². The van der Waals surface area contributed by atoms with Crippen molar-refractivity contribution in [2.75, 3.05) is 26.2 Å². The Bertz CT molecular complexity index is 693. The number of piperazine rings is 1. The van der Waals surface area contributed by atoms with Crippen LogP contribution in [0.1, 0.15) is 27.4 Å². The van der Waals surface area contributed by atoms with Crippen molar-refractivity contribution in [1.82, 2.24) is 10.2 Å². The lowest BCUT2D eigenvalue weighted by Gasteiger charge is -2.26. The van der Waals surface area contributed by atoms with E-state index in [1.807, 2.05) is 24.0 Å². The molecule has 1 amide bonds. The number of aryl methyl sites for hydroxylation is 2. The molecule has 130 valence electrons. The standard InChI is InChI=1S/C18H22N2O3.ClH/c1-13-3-5-16(14(2)11-13)22-12-15-4-6-17(23-15)18(21)20-9-7-19-8-10-20;/h3-6,11,19H,7-10,12H2,1-2H3;1H. The molecule has 24 heavy (non-hydrogen) atoms. The molecule has 6 heteroatoms. The minimum absolute atomic E-state index is 0. The Morgan fingerprint density at radius 2 is 1.96 bits per heavy atom. The maximum Gasteiger partial charge on any atom is 0.289 e. The fourth-order valence-electron chi connectivity index (χ4n) is 2.70. The first-order chi connectivity index (χ1) is 11.1. The third-order valence-corrected chi connectivity index (χ3v) is 3.98. The summed E-state index contributed by atoms with van der Waals surface area (Å²) in [5.74, 6) is 1.82. The van der Waals surface area contributed by atoms with Gasteiger partial charge in [0, 0.05) is 26.2 Å². The number of ether oxygens (including phenoxy) is 1. The zero-order chi connectivity index (χ0) is 16.2. The Morgan fingerprint density at radius 1 is 1.21 bits per heavy atom. The van der Waals surface area contributed by atoms with Gasteiger partial charge in [-0.2, -0.15) is 0 Å². The molecule has 0 saturated carbocycles. The molecule has 1 fully saturated rings. The third-order valence-electron chi connectivity index (χ3n) is 3.98. The number of benzene rings is 1. The van der Waals surface area contributed by atoms with E-state index in [-0.39, 0.29) is 18.3 Å². The molecule has 1 N–H and O–H groups in total. The normalized spacial score (nSPS) is 14.2. The Hall–Kier alpha value is -1.98. The summed E-state index contributed by atoms with van der Waals surface area (Å²) in [5, 5.41) is 3.23. The van der Waals surface area contributed by atoms with E-state index in [1.165, 1.54) is 5.56 Å². The van der Waals surface area contributed by atoms with Gasteiger partial charge in [-0.1, -0.05) is 17.7 Å².